The third-order valence-electron chi connectivity index (χ3n) is 3.65. The molecule has 0 saturated heterocycles. The van der Waals surface area contributed by atoms with Crippen molar-refractivity contribution in [2.75, 3.05) is 5.32 Å². The third-order valence-corrected chi connectivity index (χ3v) is 4.20. The summed E-state index contributed by atoms with van der Waals surface area (Å²) in [6.07, 6.45) is 2.89. The van der Waals surface area contributed by atoms with E-state index in [1.165, 1.54) is 18.0 Å². The molecule has 0 aliphatic rings. The molecule has 0 atom stereocenters. The van der Waals surface area contributed by atoms with Gasteiger partial charge in [0.15, 0.2) is 0 Å². The number of halogens is 2. The van der Waals surface area contributed by atoms with Crippen LogP contribution in [0.4, 0.5) is 11.5 Å². The summed E-state index contributed by atoms with van der Waals surface area (Å²) in [4.78, 5) is 20.5. The number of anilines is 2. The number of amides is 1. The minimum Gasteiger partial charge on any atom is -0.347 e. The van der Waals surface area contributed by atoms with Crippen molar-refractivity contribution in [1.29, 1.82) is 0 Å². The minimum absolute atomic E-state index is 0.241. The lowest BCUT2D eigenvalue weighted by atomic mass is 10.1. The van der Waals surface area contributed by atoms with Crippen molar-refractivity contribution in [2.45, 2.75) is 13.5 Å². The van der Waals surface area contributed by atoms with Gasteiger partial charge in [0.1, 0.15) is 11.5 Å². The Morgan fingerprint density at radius 2 is 1.81 bits per heavy atom. The lowest BCUT2D eigenvalue weighted by molar-refractivity contribution is 0.0945. The van der Waals surface area contributed by atoms with Crippen LogP contribution in [0.1, 0.15) is 21.6 Å². The van der Waals surface area contributed by atoms with E-state index < -0.39 is 0 Å². The van der Waals surface area contributed by atoms with E-state index in [0.29, 0.717) is 28.1 Å². The molecule has 0 unspecified atom stereocenters. The van der Waals surface area contributed by atoms with E-state index >= 15 is 0 Å². The molecule has 0 aliphatic carbocycles. The molecule has 5 nitrogen and oxygen atoms in total. The molecule has 26 heavy (non-hydrogen) atoms. The fourth-order valence-electron chi connectivity index (χ4n) is 2.22. The number of carbonyl (C=O) groups is 1. The van der Waals surface area contributed by atoms with Crippen molar-refractivity contribution < 1.29 is 4.79 Å². The maximum atomic E-state index is 12.2. The summed E-state index contributed by atoms with van der Waals surface area (Å²) in [5.41, 5.74) is 3.09. The predicted molar refractivity (Wildman–Crippen MR) is 104 cm³/mol. The highest BCUT2D eigenvalue weighted by molar-refractivity contribution is 6.36. The molecule has 0 fully saturated rings. The van der Waals surface area contributed by atoms with E-state index in [9.17, 15) is 4.79 Å². The molecule has 0 bridgehead atoms. The summed E-state index contributed by atoms with van der Waals surface area (Å²) < 4.78 is 0. The molecule has 1 amide bonds. The Morgan fingerprint density at radius 3 is 2.46 bits per heavy atom. The zero-order valence-corrected chi connectivity index (χ0v) is 15.5. The van der Waals surface area contributed by atoms with Crippen molar-refractivity contribution in [1.82, 2.24) is 15.3 Å². The van der Waals surface area contributed by atoms with Crippen LogP contribution in [-0.2, 0) is 6.54 Å². The summed E-state index contributed by atoms with van der Waals surface area (Å²) in [5, 5.41) is 6.87. The number of carbonyl (C=O) groups excluding carboxylic acids is 1. The van der Waals surface area contributed by atoms with Crippen molar-refractivity contribution in [3.8, 4) is 0 Å². The van der Waals surface area contributed by atoms with Gasteiger partial charge in [0.2, 0.25) is 0 Å². The van der Waals surface area contributed by atoms with Gasteiger partial charge in [-0.25, -0.2) is 9.97 Å². The van der Waals surface area contributed by atoms with Crippen molar-refractivity contribution in [3.63, 3.8) is 0 Å². The Hall–Kier alpha value is -2.63. The number of nitrogens with zero attached hydrogens (tertiary/aromatic N) is 2. The molecule has 7 heteroatoms. The fourth-order valence-corrected chi connectivity index (χ4v) is 2.67. The van der Waals surface area contributed by atoms with Gasteiger partial charge in [-0.1, -0.05) is 53.0 Å². The molecule has 0 radical (unpaired) electrons. The summed E-state index contributed by atoms with van der Waals surface area (Å²) in [6, 6.07) is 13.1. The molecule has 132 valence electrons. The van der Waals surface area contributed by atoms with Crippen LogP contribution in [-0.4, -0.2) is 15.9 Å². The van der Waals surface area contributed by atoms with Gasteiger partial charge in [-0.2, -0.15) is 0 Å². The lowest BCUT2D eigenvalue weighted by Crippen LogP contribution is -2.24. The van der Waals surface area contributed by atoms with Crippen molar-refractivity contribution in [2.24, 2.45) is 0 Å². The summed E-state index contributed by atoms with van der Waals surface area (Å²) in [5.74, 6) is 0.193. The Bertz CT molecular complexity index is 912. The second kappa shape index (κ2) is 8.17. The normalized spacial score (nSPS) is 10.4. The first-order valence-electron chi connectivity index (χ1n) is 7.89. The van der Waals surface area contributed by atoms with Gasteiger partial charge in [-0.05, 0) is 30.7 Å². The number of rotatable bonds is 5. The van der Waals surface area contributed by atoms with Gasteiger partial charge in [0, 0.05) is 11.6 Å². The number of hydrogen-bond acceptors (Lipinski definition) is 4. The highest BCUT2D eigenvalue weighted by Gasteiger charge is 2.09. The molecular weight excluding hydrogens is 371 g/mol. The van der Waals surface area contributed by atoms with Gasteiger partial charge in [0.05, 0.1) is 23.1 Å². The molecule has 0 spiro atoms. The minimum atomic E-state index is -0.283. The largest absolute Gasteiger partial charge is 0.347 e. The van der Waals surface area contributed by atoms with Crippen molar-refractivity contribution >= 4 is 40.6 Å². The highest BCUT2D eigenvalue weighted by Crippen LogP contribution is 2.27. The van der Waals surface area contributed by atoms with Gasteiger partial charge in [0.25, 0.3) is 5.91 Å². The second-order valence-electron chi connectivity index (χ2n) is 5.70. The average Bonchev–Trinajstić information content (AvgIpc) is 2.64. The molecule has 0 saturated carbocycles. The van der Waals surface area contributed by atoms with Gasteiger partial charge < -0.3 is 10.6 Å². The Labute approximate surface area is 161 Å². The molecule has 3 rings (SSSR count). The van der Waals surface area contributed by atoms with Crippen LogP contribution in [0.25, 0.3) is 0 Å². The van der Waals surface area contributed by atoms with Crippen LogP contribution in [0.15, 0.2) is 54.9 Å². The van der Waals surface area contributed by atoms with E-state index in [2.05, 4.69) is 20.6 Å². The Balaban J connectivity index is 1.61. The lowest BCUT2D eigenvalue weighted by Gasteiger charge is -2.08. The van der Waals surface area contributed by atoms with E-state index in [0.717, 1.165) is 5.56 Å². The predicted octanol–water partition coefficient (Wildman–Crippen LogP) is 4.77. The fraction of sp³-hybridized carbons (Fsp3) is 0.105. The Morgan fingerprint density at radius 1 is 1.04 bits per heavy atom. The maximum absolute atomic E-state index is 12.2. The van der Waals surface area contributed by atoms with Crippen molar-refractivity contribution in [3.05, 3.63) is 81.7 Å². The van der Waals surface area contributed by atoms with Crippen LogP contribution in [0, 0.1) is 6.92 Å². The number of hydrogen-bond donors (Lipinski definition) is 2. The zero-order valence-electron chi connectivity index (χ0n) is 14.0. The van der Waals surface area contributed by atoms with Crippen LogP contribution < -0.4 is 10.6 Å². The number of aryl methyl sites for hydroxylation is 1. The quantitative estimate of drug-likeness (QED) is 0.662. The Kier molecular flexibility index (Phi) is 5.71. The molecule has 1 heterocycles. The molecular formula is C19H16Cl2N4O. The van der Waals surface area contributed by atoms with Crippen LogP contribution in [0.2, 0.25) is 10.0 Å². The first kappa shape index (κ1) is 18.2. The van der Waals surface area contributed by atoms with Crippen LogP contribution >= 0.6 is 23.2 Å². The topological polar surface area (TPSA) is 66.9 Å². The van der Waals surface area contributed by atoms with E-state index in [1.807, 2.05) is 31.2 Å². The van der Waals surface area contributed by atoms with E-state index in [-0.39, 0.29) is 11.6 Å². The molecule has 3 aromatic rings. The zero-order chi connectivity index (χ0) is 18.5. The van der Waals surface area contributed by atoms with E-state index in [4.69, 9.17) is 23.2 Å². The van der Waals surface area contributed by atoms with E-state index in [1.54, 1.807) is 18.2 Å². The smallest absolute Gasteiger partial charge is 0.271 e. The monoisotopic (exact) mass is 386 g/mol. The number of nitrogens with one attached hydrogen (secondary N) is 2. The summed E-state index contributed by atoms with van der Waals surface area (Å²) in [6.45, 7) is 2.45. The first-order chi connectivity index (χ1) is 12.5. The van der Waals surface area contributed by atoms with Crippen LogP contribution in [0.5, 0.6) is 0 Å². The first-order valence-corrected chi connectivity index (χ1v) is 8.65. The third kappa shape index (κ3) is 4.71. The molecule has 2 N–H and O–H groups in total. The standard InChI is InChI=1S/C19H16Cl2N4O/c1-12-2-4-13(5-3-12)9-24-19(26)17-10-23-18(11-22-17)25-16-7-6-14(20)8-15(16)21/h2-8,10-11H,9H2,1H3,(H,23,25)(H,24,26). The molecule has 1 aromatic heterocycles. The number of benzene rings is 2. The van der Waals surface area contributed by atoms with Gasteiger partial charge in [-0.15, -0.1) is 0 Å². The molecule has 2 aromatic carbocycles. The SMILES string of the molecule is Cc1ccc(CNC(=O)c2cnc(Nc3ccc(Cl)cc3Cl)cn2)cc1. The second-order valence-corrected chi connectivity index (χ2v) is 6.55. The maximum Gasteiger partial charge on any atom is 0.271 e. The van der Waals surface area contributed by atoms with Gasteiger partial charge in [-0.3, -0.25) is 4.79 Å². The van der Waals surface area contributed by atoms with Gasteiger partial charge >= 0.3 is 0 Å². The average molecular weight is 387 g/mol. The summed E-state index contributed by atoms with van der Waals surface area (Å²) >= 11 is 12.0. The highest BCUT2D eigenvalue weighted by atomic mass is 35.5. The number of aromatic nitrogens is 2. The van der Waals surface area contributed by atoms with Crippen LogP contribution in [0.3, 0.4) is 0 Å². The molecule has 0 aliphatic heterocycles. The summed E-state index contributed by atoms with van der Waals surface area (Å²) in [7, 11) is 0.